The fourth-order valence-corrected chi connectivity index (χ4v) is 2.71. The van der Waals surface area contributed by atoms with Crippen molar-refractivity contribution in [2.45, 2.75) is 45.1 Å². The summed E-state index contributed by atoms with van der Waals surface area (Å²) >= 11 is 0. The molecule has 1 aromatic carbocycles. The number of benzene rings is 1. The Morgan fingerprint density at radius 1 is 1.47 bits per heavy atom. The Hall–Kier alpha value is -1.71. The van der Waals surface area contributed by atoms with Crippen LogP contribution in [0.25, 0.3) is 0 Å². The number of carbonyl (C=O) groups is 1. The average Bonchev–Trinajstić information content (AvgIpc) is 2.41. The number of aromatic carboxylic acids is 1. The van der Waals surface area contributed by atoms with Crippen LogP contribution in [-0.4, -0.2) is 17.2 Å². The van der Waals surface area contributed by atoms with E-state index in [-0.39, 0.29) is 17.4 Å². The van der Waals surface area contributed by atoms with Gasteiger partial charge in [-0.3, -0.25) is 0 Å². The fourth-order valence-electron chi connectivity index (χ4n) is 2.71. The summed E-state index contributed by atoms with van der Waals surface area (Å²) in [6, 6.07) is 4.86. The van der Waals surface area contributed by atoms with Crippen LogP contribution in [0.3, 0.4) is 0 Å². The van der Waals surface area contributed by atoms with Gasteiger partial charge in [0, 0.05) is 5.69 Å². The fraction of sp³-hybridized carbons (Fsp3) is 0.533. The molecule has 4 heteroatoms. The van der Waals surface area contributed by atoms with Crippen molar-refractivity contribution in [3.05, 3.63) is 23.8 Å². The number of carboxylic acids is 1. The van der Waals surface area contributed by atoms with Crippen LogP contribution < -0.4 is 10.5 Å². The van der Waals surface area contributed by atoms with E-state index in [4.69, 9.17) is 15.6 Å². The van der Waals surface area contributed by atoms with Gasteiger partial charge in [0.1, 0.15) is 5.75 Å². The highest BCUT2D eigenvalue weighted by atomic mass is 16.5. The van der Waals surface area contributed by atoms with Gasteiger partial charge in [0.15, 0.2) is 0 Å². The third kappa shape index (κ3) is 3.40. The standard InChI is InChI=1S/C15H21NO3/c1-2-10-4-3-5-11(8-10)19-12-6-7-14(16)13(9-12)15(17)18/h6-7,9-11H,2-5,8,16H2,1H3,(H,17,18). The molecule has 1 aliphatic carbocycles. The van der Waals surface area contributed by atoms with Crippen molar-refractivity contribution >= 4 is 11.7 Å². The molecule has 0 saturated heterocycles. The predicted molar refractivity (Wildman–Crippen MR) is 74.5 cm³/mol. The molecule has 104 valence electrons. The van der Waals surface area contributed by atoms with Crippen LogP contribution in [0.15, 0.2) is 18.2 Å². The Bertz CT molecular complexity index is 459. The van der Waals surface area contributed by atoms with Crippen LogP contribution in [0.2, 0.25) is 0 Å². The molecule has 0 radical (unpaired) electrons. The molecule has 0 bridgehead atoms. The minimum Gasteiger partial charge on any atom is -0.490 e. The maximum absolute atomic E-state index is 11.0. The summed E-state index contributed by atoms with van der Waals surface area (Å²) in [5.41, 5.74) is 6.02. The Kier molecular flexibility index (Phi) is 4.30. The van der Waals surface area contributed by atoms with E-state index < -0.39 is 5.97 Å². The first-order chi connectivity index (χ1) is 9.10. The number of hydrogen-bond acceptors (Lipinski definition) is 3. The average molecular weight is 263 g/mol. The smallest absolute Gasteiger partial charge is 0.337 e. The van der Waals surface area contributed by atoms with Crippen LogP contribution in [0.5, 0.6) is 5.75 Å². The van der Waals surface area contributed by atoms with Crippen molar-refractivity contribution in [1.29, 1.82) is 0 Å². The van der Waals surface area contributed by atoms with E-state index in [9.17, 15) is 4.79 Å². The topological polar surface area (TPSA) is 72.5 Å². The molecule has 1 saturated carbocycles. The van der Waals surface area contributed by atoms with Crippen LogP contribution in [0.4, 0.5) is 5.69 Å². The molecule has 19 heavy (non-hydrogen) atoms. The van der Waals surface area contributed by atoms with Gasteiger partial charge in [0.05, 0.1) is 11.7 Å². The molecule has 4 nitrogen and oxygen atoms in total. The molecule has 1 aliphatic rings. The summed E-state index contributed by atoms with van der Waals surface area (Å²) in [7, 11) is 0. The van der Waals surface area contributed by atoms with E-state index in [0.717, 1.165) is 18.8 Å². The molecule has 3 N–H and O–H groups in total. The summed E-state index contributed by atoms with van der Waals surface area (Å²) in [5, 5.41) is 9.04. The third-order valence-electron chi connectivity index (χ3n) is 3.87. The Labute approximate surface area is 113 Å². The molecular weight excluding hydrogens is 242 g/mol. The maximum atomic E-state index is 11.0. The lowest BCUT2D eigenvalue weighted by molar-refractivity contribution is 0.0696. The van der Waals surface area contributed by atoms with Gasteiger partial charge in [0.2, 0.25) is 0 Å². The minimum absolute atomic E-state index is 0.111. The first kappa shape index (κ1) is 13.7. The summed E-state index contributed by atoms with van der Waals surface area (Å²) in [4.78, 5) is 11.0. The zero-order valence-electron chi connectivity index (χ0n) is 11.3. The number of ether oxygens (including phenoxy) is 1. The number of hydrogen-bond donors (Lipinski definition) is 2. The highest BCUT2D eigenvalue weighted by Crippen LogP contribution is 2.30. The largest absolute Gasteiger partial charge is 0.490 e. The Morgan fingerprint density at radius 3 is 2.95 bits per heavy atom. The van der Waals surface area contributed by atoms with E-state index in [1.54, 1.807) is 12.1 Å². The van der Waals surface area contributed by atoms with Gasteiger partial charge in [-0.15, -0.1) is 0 Å². The first-order valence-corrected chi connectivity index (χ1v) is 6.89. The van der Waals surface area contributed by atoms with Gasteiger partial charge in [-0.25, -0.2) is 4.79 Å². The molecule has 0 aliphatic heterocycles. The molecule has 0 spiro atoms. The van der Waals surface area contributed by atoms with Gasteiger partial charge in [-0.2, -0.15) is 0 Å². The molecule has 2 unspecified atom stereocenters. The van der Waals surface area contributed by atoms with E-state index in [2.05, 4.69) is 6.92 Å². The van der Waals surface area contributed by atoms with Gasteiger partial charge < -0.3 is 15.6 Å². The summed E-state index contributed by atoms with van der Waals surface area (Å²) in [5.74, 6) is 0.317. The number of nitrogens with two attached hydrogens (primary N) is 1. The van der Waals surface area contributed by atoms with E-state index in [1.165, 1.54) is 25.3 Å². The van der Waals surface area contributed by atoms with E-state index >= 15 is 0 Å². The van der Waals surface area contributed by atoms with Crippen LogP contribution in [-0.2, 0) is 0 Å². The second-order valence-electron chi connectivity index (χ2n) is 5.23. The molecular formula is C15H21NO3. The normalized spacial score (nSPS) is 23.0. The summed E-state index contributed by atoms with van der Waals surface area (Å²) in [6.45, 7) is 2.21. The van der Waals surface area contributed by atoms with Gasteiger partial charge in [0.25, 0.3) is 0 Å². The molecule has 2 rings (SSSR count). The highest BCUT2D eigenvalue weighted by molar-refractivity contribution is 5.94. The Balaban J connectivity index is 2.06. The van der Waals surface area contributed by atoms with Gasteiger partial charge >= 0.3 is 5.97 Å². The van der Waals surface area contributed by atoms with Crippen molar-refractivity contribution in [2.24, 2.45) is 5.92 Å². The lowest BCUT2D eigenvalue weighted by Gasteiger charge is -2.29. The van der Waals surface area contributed by atoms with Crippen LogP contribution >= 0.6 is 0 Å². The number of nitrogen functional groups attached to an aromatic ring is 1. The third-order valence-corrected chi connectivity index (χ3v) is 3.87. The summed E-state index contributed by atoms with van der Waals surface area (Å²) < 4.78 is 5.91. The zero-order chi connectivity index (χ0) is 13.8. The highest BCUT2D eigenvalue weighted by Gasteiger charge is 2.22. The SMILES string of the molecule is CCC1CCCC(Oc2ccc(N)c(C(=O)O)c2)C1. The monoisotopic (exact) mass is 263 g/mol. The van der Waals surface area contributed by atoms with Crippen molar-refractivity contribution in [3.8, 4) is 5.75 Å². The second kappa shape index (κ2) is 5.95. The lowest BCUT2D eigenvalue weighted by atomic mass is 9.85. The Morgan fingerprint density at radius 2 is 2.26 bits per heavy atom. The minimum atomic E-state index is -1.02. The number of anilines is 1. The maximum Gasteiger partial charge on any atom is 0.337 e. The number of carboxylic acid groups (broad SMARTS) is 1. The number of rotatable bonds is 4. The van der Waals surface area contributed by atoms with Gasteiger partial charge in [-0.1, -0.05) is 19.8 Å². The van der Waals surface area contributed by atoms with E-state index in [0.29, 0.717) is 5.75 Å². The van der Waals surface area contributed by atoms with Crippen molar-refractivity contribution in [1.82, 2.24) is 0 Å². The molecule has 1 fully saturated rings. The van der Waals surface area contributed by atoms with Crippen molar-refractivity contribution in [3.63, 3.8) is 0 Å². The predicted octanol–water partition coefficient (Wildman–Crippen LogP) is 3.31. The zero-order valence-corrected chi connectivity index (χ0v) is 11.3. The lowest BCUT2D eigenvalue weighted by Crippen LogP contribution is -2.25. The molecule has 0 heterocycles. The second-order valence-corrected chi connectivity index (χ2v) is 5.23. The van der Waals surface area contributed by atoms with Crippen molar-refractivity contribution in [2.75, 3.05) is 5.73 Å². The van der Waals surface area contributed by atoms with E-state index in [1.807, 2.05) is 0 Å². The molecule has 0 aromatic heterocycles. The van der Waals surface area contributed by atoms with Crippen LogP contribution in [0, 0.1) is 5.92 Å². The van der Waals surface area contributed by atoms with Crippen molar-refractivity contribution < 1.29 is 14.6 Å². The molecule has 1 aromatic rings. The van der Waals surface area contributed by atoms with Crippen LogP contribution in [0.1, 0.15) is 49.4 Å². The van der Waals surface area contributed by atoms with Gasteiger partial charge in [-0.05, 0) is 43.4 Å². The molecule has 2 atom stereocenters. The first-order valence-electron chi connectivity index (χ1n) is 6.89. The molecule has 0 amide bonds. The quantitative estimate of drug-likeness (QED) is 0.817. The summed E-state index contributed by atoms with van der Waals surface area (Å²) in [6.07, 6.45) is 5.95.